The van der Waals surface area contributed by atoms with Crippen molar-refractivity contribution in [1.82, 2.24) is 0 Å². The molecule has 4 aromatic rings. The van der Waals surface area contributed by atoms with Gasteiger partial charge in [-0.1, -0.05) is 81.7 Å². The molecule has 0 aliphatic heterocycles. The first-order chi connectivity index (χ1) is 29.8. The van der Waals surface area contributed by atoms with Crippen LogP contribution in [0, 0.1) is 35.1 Å². The minimum absolute atomic E-state index is 0.0553. The Balaban J connectivity index is 0.000000447. The molecule has 4 rings (SSSR count). The highest BCUT2D eigenvalue weighted by Gasteiger charge is 2.24. The monoisotopic (exact) mass is 753 g/mol. The fraction of sp³-hybridized carbons (Fsp3) is 0.268. The first kappa shape index (κ1) is 27.8. The Labute approximate surface area is 324 Å². The average Bonchev–Trinajstić information content (AvgIpc) is 3.18. The van der Waals surface area contributed by atoms with E-state index < -0.39 is 85.5 Å². The third kappa shape index (κ3) is 16.4. The molecule has 3 unspecified atom stereocenters. The van der Waals surface area contributed by atoms with E-state index in [1.807, 2.05) is 0 Å². The first-order valence-corrected chi connectivity index (χ1v) is 15.0. The largest absolute Gasteiger partial charge is 0.481 e. The third-order valence-corrected chi connectivity index (χ3v) is 6.43. The Morgan fingerprint density at radius 1 is 0.604 bits per heavy atom. The van der Waals surface area contributed by atoms with Crippen LogP contribution in [0.5, 0.6) is 0 Å². The van der Waals surface area contributed by atoms with Crippen molar-refractivity contribution in [2.45, 2.75) is 59.5 Å². The van der Waals surface area contributed by atoms with Crippen LogP contribution in [-0.4, -0.2) is 44.3 Å². The first-order valence-electron chi connectivity index (χ1n) is 21.5. The van der Waals surface area contributed by atoms with Gasteiger partial charge in [-0.25, -0.2) is 22.4 Å². The molecule has 0 heterocycles. The number of allylic oxidation sites excluding steroid dienone is 1. The van der Waals surface area contributed by atoms with Crippen LogP contribution in [0.4, 0.5) is 17.6 Å². The van der Waals surface area contributed by atoms with Gasteiger partial charge in [0.15, 0.2) is 0 Å². The van der Waals surface area contributed by atoms with Gasteiger partial charge in [0, 0.05) is 17.8 Å². The molecule has 8 nitrogen and oxygen atoms in total. The minimum atomic E-state index is -2.98. The summed E-state index contributed by atoms with van der Waals surface area (Å²) >= 11 is 0. The van der Waals surface area contributed by atoms with Crippen LogP contribution >= 0.6 is 0 Å². The zero-order valence-corrected chi connectivity index (χ0v) is 28.4. The number of carboxylic acids is 4. The standard InChI is InChI=1S/2C11H13FO2.C11H11FO2.C8H7FO2/c3*1-7(2)10(11(13)14)8-3-5-9(12)6-4-8;9-7-3-1-6(2-4-7)5-8(10)11/h2*3-7,10H,1-2H3,(H,13,14);3-6H,1-2H3,(H,13,14);1-4H,5H2,(H,10,11)/t10-;;;/m0.../s1/i2*1D3,7D,10D;1D3;/b;;10-7+;/t7?,10-;;;. The van der Waals surface area contributed by atoms with E-state index in [1.54, 1.807) is 0 Å². The van der Waals surface area contributed by atoms with Gasteiger partial charge in [0.05, 0.1) is 23.8 Å². The molecule has 0 fully saturated rings. The second kappa shape index (κ2) is 22.2. The number of benzene rings is 4. The smallest absolute Gasteiger partial charge is 0.336 e. The molecule has 0 radical (unpaired) electrons. The number of hydrogen-bond acceptors (Lipinski definition) is 4. The van der Waals surface area contributed by atoms with Crippen LogP contribution in [0.15, 0.2) is 103 Å². The molecule has 0 spiro atoms. The van der Waals surface area contributed by atoms with E-state index in [2.05, 4.69) is 0 Å². The maximum atomic E-state index is 12.8. The van der Waals surface area contributed by atoms with Crippen molar-refractivity contribution < 1.29 is 75.0 Å². The van der Waals surface area contributed by atoms with Crippen molar-refractivity contribution in [3.8, 4) is 0 Å². The number of carboxylic acid groups (broad SMARTS) is 4. The van der Waals surface area contributed by atoms with Gasteiger partial charge in [-0.15, -0.1) is 0 Å². The van der Waals surface area contributed by atoms with Crippen LogP contribution in [-0.2, 0) is 25.6 Å². The number of carbonyl (C=O) groups is 4. The minimum Gasteiger partial charge on any atom is -0.481 e. The van der Waals surface area contributed by atoms with Gasteiger partial charge in [-0.2, -0.15) is 0 Å². The fourth-order valence-corrected chi connectivity index (χ4v) is 4.13. The zero-order valence-electron chi connectivity index (χ0n) is 41.4. The highest BCUT2D eigenvalue weighted by atomic mass is 19.1. The number of aliphatic carboxylic acids is 4. The highest BCUT2D eigenvalue weighted by molar-refractivity contribution is 6.16. The van der Waals surface area contributed by atoms with Crippen molar-refractivity contribution in [3.05, 3.63) is 148 Å². The normalized spacial score (nSPS) is 19.7. The molecule has 284 valence electrons. The van der Waals surface area contributed by atoms with Crippen LogP contribution in [0.1, 0.15) is 93.2 Å². The molecule has 0 aromatic heterocycles. The van der Waals surface area contributed by atoms with Crippen LogP contribution < -0.4 is 0 Å². The van der Waals surface area contributed by atoms with E-state index in [4.69, 9.17) is 28.0 Å². The second-order valence-corrected chi connectivity index (χ2v) is 10.6. The maximum Gasteiger partial charge on any atom is 0.336 e. The predicted molar refractivity (Wildman–Crippen MR) is 193 cm³/mol. The molecule has 0 amide bonds. The Kier molecular flexibility index (Phi) is 11.7. The molecule has 0 saturated carbocycles. The van der Waals surface area contributed by atoms with Gasteiger partial charge in [-0.3, -0.25) is 14.4 Å². The average molecular weight is 754 g/mol. The molecular formula is C41H44F4O8. The van der Waals surface area contributed by atoms with Crippen molar-refractivity contribution in [2.24, 2.45) is 11.8 Å². The topological polar surface area (TPSA) is 149 Å². The molecule has 12 heteroatoms. The second-order valence-electron chi connectivity index (χ2n) is 10.6. The van der Waals surface area contributed by atoms with Gasteiger partial charge in [0.1, 0.15) is 23.3 Å². The van der Waals surface area contributed by atoms with E-state index in [0.717, 1.165) is 74.5 Å². The zero-order chi connectivity index (χ0) is 51.6. The van der Waals surface area contributed by atoms with Gasteiger partial charge in [0.25, 0.3) is 0 Å². The van der Waals surface area contributed by atoms with E-state index in [9.17, 15) is 47.0 Å². The molecule has 4 atom stereocenters. The summed E-state index contributed by atoms with van der Waals surface area (Å²) in [6.07, 6.45) is -0.0553. The quantitative estimate of drug-likeness (QED) is 0.0925. The molecule has 0 bridgehead atoms. The summed E-state index contributed by atoms with van der Waals surface area (Å²) in [7, 11) is 0. The van der Waals surface area contributed by atoms with E-state index in [1.165, 1.54) is 43.3 Å². The third-order valence-electron chi connectivity index (χ3n) is 6.43. The van der Waals surface area contributed by atoms with E-state index in [0.29, 0.717) is 5.56 Å². The lowest BCUT2D eigenvalue weighted by Crippen LogP contribution is -2.17. The van der Waals surface area contributed by atoms with Gasteiger partial charge in [0.2, 0.25) is 0 Å². The van der Waals surface area contributed by atoms with Crippen LogP contribution in [0.2, 0.25) is 0 Å². The summed E-state index contributed by atoms with van der Waals surface area (Å²) < 4.78 is 147. The summed E-state index contributed by atoms with van der Waals surface area (Å²) in [6, 6.07) is 17.8. The lowest BCUT2D eigenvalue weighted by molar-refractivity contribution is -0.140. The Morgan fingerprint density at radius 2 is 0.943 bits per heavy atom. The van der Waals surface area contributed by atoms with E-state index >= 15 is 0 Å². The molecule has 4 N–H and O–H groups in total. The molecule has 0 aliphatic carbocycles. The Morgan fingerprint density at radius 3 is 1.23 bits per heavy atom. The fourth-order valence-electron chi connectivity index (χ4n) is 4.13. The van der Waals surface area contributed by atoms with Crippen LogP contribution in [0.25, 0.3) is 5.57 Å². The SMILES string of the molecule is O=C(O)Cc1ccc(F)cc1.[2H]C([2H])([2H])/C(C)=C(\C(=O)O)c1ccc(F)cc1.[2H]C([2H])([2H])C([2H])(C)C([2H])(C(=O)O)c1ccc(F)cc1.[2H]C([2H])([2H])C([2H])(C)[C@]([2H])(C(=O)O)c1ccc(F)cc1. The van der Waals surface area contributed by atoms with Crippen molar-refractivity contribution in [2.75, 3.05) is 0 Å². The van der Waals surface area contributed by atoms with Crippen molar-refractivity contribution >= 4 is 29.5 Å². The Bertz CT molecular complexity index is 2240. The number of halogens is 4. The lowest BCUT2D eigenvalue weighted by atomic mass is 9.89. The van der Waals surface area contributed by atoms with Gasteiger partial charge < -0.3 is 20.4 Å². The highest BCUT2D eigenvalue weighted by Crippen LogP contribution is 2.26. The molecular weight excluding hydrogens is 696 g/mol. The maximum absolute atomic E-state index is 12.8. The van der Waals surface area contributed by atoms with Gasteiger partial charge >= 0.3 is 23.9 Å². The number of rotatable bonds is 10. The van der Waals surface area contributed by atoms with Crippen LogP contribution in [0.3, 0.4) is 0 Å². The number of hydrogen-bond donors (Lipinski definition) is 4. The predicted octanol–water partition coefficient (Wildman–Crippen LogP) is 9.46. The summed E-state index contributed by atoms with van der Waals surface area (Å²) in [5.74, 6) is -18.6. The molecule has 4 aromatic carbocycles. The van der Waals surface area contributed by atoms with E-state index in [-0.39, 0.29) is 40.1 Å². The molecule has 0 saturated heterocycles. The summed E-state index contributed by atoms with van der Waals surface area (Å²) in [4.78, 5) is 43.9. The summed E-state index contributed by atoms with van der Waals surface area (Å²) in [5.41, 5.74) is -0.266. The Hall–Kier alpha value is -5.78. The summed E-state index contributed by atoms with van der Waals surface area (Å²) in [5, 5.41) is 35.8. The summed E-state index contributed by atoms with van der Waals surface area (Å²) in [6.45, 7) is -5.49. The van der Waals surface area contributed by atoms with Crippen molar-refractivity contribution in [1.29, 1.82) is 0 Å². The molecule has 53 heavy (non-hydrogen) atoms. The molecule has 0 aliphatic rings. The lowest BCUT2D eigenvalue weighted by Gasteiger charge is -2.16. The van der Waals surface area contributed by atoms with Gasteiger partial charge in [-0.05, 0) is 96.3 Å². The van der Waals surface area contributed by atoms with Crippen molar-refractivity contribution in [3.63, 3.8) is 0 Å².